The quantitative estimate of drug-likeness (QED) is 0.874. The monoisotopic (exact) mass is 318 g/mol. The minimum Gasteiger partial charge on any atom is -0.484 e. The maximum atomic E-state index is 12.2. The summed E-state index contributed by atoms with van der Waals surface area (Å²) in [6.07, 6.45) is 2.40. The Morgan fingerprint density at radius 2 is 1.87 bits per heavy atom. The van der Waals surface area contributed by atoms with Crippen molar-refractivity contribution in [2.45, 2.75) is 33.1 Å². The summed E-state index contributed by atoms with van der Waals surface area (Å²) in [4.78, 5) is 25.9. The van der Waals surface area contributed by atoms with Crippen LogP contribution in [-0.2, 0) is 9.59 Å². The first-order chi connectivity index (χ1) is 11.1. The van der Waals surface area contributed by atoms with E-state index in [-0.39, 0.29) is 24.3 Å². The zero-order chi connectivity index (χ0) is 16.7. The topological polar surface area (TPSA) is 58.6 Å². The molecule has 1 aliphatic rings. The summed E-state index contributed by atoms with van der Waals surface area (Å²) < 4.78 is 5.53. The first-order valence-corrected chi connectivity index (χ1v) is 8.35. The molecule has 1 fully saturated rings. The van der Waals surface area contributed by atoms with Gasteiger partial charge in [-0.25, -0.2) is 0 Å². The van der Waals surface area contributed by atoms with E-state index < -0.39 is 0 Å². The van der Waals surface area contributed by atoms with Gasteiger partial charge in [0.25, 0.3) is 5.91 Å². The van der Waals surface area contributed by atoms with Gasteiger partial charge in [-0.05, 0) is 38.3 Å². The number of likely N-dealkylation sites (tertiary alicyclic amines) is 1. The maximum Gasteiger partial charge on any atom is 0.260 e. The van der Waals surface area contributed by atoms with Crippen LogP contribution in [0.2, 0.25) is 0 Å². The number of ether oxygens (including phenoxy) is 1. The van der Waals surface area contributed by atoms with Gasteiger partial charge in [-0.15, -0.1) is 0 Å². The summed E-state index contributed by atoms with van der Waals surface area (Å²) in [7, 11) is 0. The van der Waals surface area contributed by atoms with Crippen LogP contribution in [0.1, 0.15) is 31.7 Å². The van der Waals surface area contributed by atoms with E-state index in [9.17, 15) is 9.59 Å². The van der Waals surface area contributed by atoms with Crippen molar-refractivity contribution in [1.29, 1.82) is 0 Å². The number of aryl methyl sites for hydroxylation is 1. The van der Waals surface area contributed by atoms with Gasteiger partial charge in [-0.2, -0.15) is 0 Å². The Morgan fingerprint density at radius 3 is 2.48 bits per heavy atom. The van der Waals surface area contributed by atoms with Gasteiger partial charge in [0.05, 0.1) is 0 Å². The van der Waals surface area contributed by atoms with Crippen LogP contribution in [0, 0.1) is 12.8 Å². The summed E-state index contributed by atoms with van der Waals surface area (Å²) in [5, 5.41) is 2.93. The fraction of sp³-hybridized carbons (Fsp3) is 0.556. The molecule has 1 heterocycles. The minimum atomic E-state index is -0.0157. The minimum absolute atomic E-state index is 0.0157. The molecule has 0 atom stereocenters. The molecule has 0 radical (unpaired) electrons. The highest BCUT2D eigenvalue weighted by atomic mass is 16.5. The molecule has 2 rings (SSSR count). The number of hydrogen-bond acceptors (Lipinski definition) is 3. The number of amides is 2. The number of benzene rings is 1. The highest BCUT2D eigenvalue weighted by Crippen LogP contribution is 2.18. The Labute approximate surface area is 138 Å². The fourth-order valence-corrected chi connectivity index (χ4v) is 2.65. The average molecular weight is 318 g/mol. The second-order valence-corrected chi connectivity index (χ2v) is 6.05. The number of carbonyl (C=O) groups is 2. The molecule has 0 aromatic heterocycles. The maximum absolute atomic E-state index is 12.2. The molecule has 1 aromatic carbocycles. The van der Waals surface area contributed by atoms with E-state index in [4.69, 9.17) is 4.74 Å². The van der Waals surface area contributed by atoms with E-state index in [1.807, 2.05) is 38.1 Å². The zero-order valence-electron chi connectivity index (χ0n) is 14.0. The van der Waals surface area contributed by atoms with Crippen molar-refractivity contribution in [3.63, 3.8) is 0 Å². The highest BCUT2D eigenvalue weighted by Gasteiger charge is 2.27. The van der Waals surface area contributed by atoms with Crippen molar-refractivity contribution in [3.05, 3.63) is 29.8 Å². The Kier molecular flexibility index (Phi) is 6.44. The second-order valence-electron chi connectivity index (χ2n) is 6.05. The van der Waals surface area contributed by atoms with Crippen molar-refractivity contribution in [3.8, 4) is 5.75 Å². The molecular formula is C18H26N2O3. The van der Waals surface area contributed by atoms with Crippen molar-refractivity contribution in [1.82, 2.24) is 10.2 Å². The Morgan fingerprint density at radius 1 is 1.22 bits per heavy atom. The molecule has 1 saturated heterocycles. The number of nitrogens with zero attached hydrogens (tertiary/aromatic N) is 1. The van der Waals surface area contributed by atoms with Crippen LogP contribution < -0.4 is 10.1 Å². The molecule has 5 heteroatoms. The molecule has 0 spiro atoms. The Hall–Kier alpha value is -2.04. The lowest BCUT2D eigenvalue weighted by molar-refractivity contribution is -0.137. The number of rotatable bonds is 6. The first kappa shape index (κ1) is 17.3. The lowest BCUT2D eigenvalue weighted by Crippen LogP contribution is -2.44. The van der Waals surface area contributed by atoms with Crippen LogP contribution in [-0.4, -0.2) is 43.0 Å². The van der Waals surface area contributed by atoms with Crippen LogP contribution in [0.3, 0.4) is 0 Å². The van der Waals surface area contributed by atoms with E-state index in [0.717, 1.165) is 31.4 Å². The fourth-order valence-electron chi connectivity index (χ4n) is 2.65. The van der Waals surface area contributed by atoms with Gasteiger partial charge >= 0.3 is 0 Å². The molecule has 5 nitrogen and oxygen atoms in total. The number of piperidine rings is 1. The summed E-state index contributed by atoms with van der Waals surface area (Å²) in [6, 6.07) is 7.65. The third-order valence-corrected chi connectivity index (χ3v) is 4.15. The Balaban J connectivity index is 1.73. The summed E-state index contributed by atoms with van der Waals surface area (Å²) in [5.41, 5.74) is 1.16. The zero-order valence-corrected chi connectivity index (χ0v) is 14.0. The Bertz CT molecular complexity index is 520. The molecule has 1 N–H and O–H groups in total. The van der Waals surface area contributed by atoms with Gasteiger partial charge < -0.3 is 15.0 Å². The molecule has 0 aliphatic carbocycles. The van der Waals surface area contributed by atoms with E-state index in [1.165, 1.54) is 0 Å². The molecule has 23 heavy (non-hydrogen) atoms. The van der Waals surface area contributed by atoms with Crippen LogP contribution in [0.15, 0.2) is 24.3 Å². The standard InChI is InChI=1S/C18H26N2O3/c1-3-10-19-18(22)15-8-11-20(12-9-15)17(21)13-23-16-6-4-14(2)5-7-16/h4-7,15H,3,8-13H2,1-2H3,(H,19,22). The van der Waals surface area contributed by atoms with E-state index in [0.29, 0.717) is 18.8 Å². The molecule has 0 bridgehead atoms. The van der Waals surface area contributed by atoms with Crippen LogP contribution in [0.4, 0.5) is 0 Å². The van der Waals surface area contributed by atoms with Crippen LogP contribution >= 0.6 is 0 Å². The van der Waals surface area contributed by atoms with Gasteiger partial charge in [0.1, 0.15) is 5.75 Å². The number of carbonyl (C=O) groups excluding carboxylic acids is 2. The molecule has 1 aromatic rings. The summed E-state index contributed by atoms with van der Waals surface area (Å²) in [5.74, 6) is 0.842. The third-order valence-electron chi connectivity index (χ3n) is 4.15. The van der Waals surface area contributed by atoms with Crippen LogP contribution in [0.25, 0.3) is 0 Å². The SMILES string of the molecule is CCCNC(=O)C1CCN(C(=O)COc2ccc(C)cc2)CC1. The van der Waals surface area contributed by atoms with Gasteiger partial charge in [-0.3, -0.25) is 9.59 Å². The van der Waals surface area contributed by atoms with Crippen molar-refractivity contribution in [2.24, 2.45) is 5.92 Å². The lowest BCUT2D eigenvalue weighted by Gasteiger charge is -2.31. The molecular weight excluding hydrogens is 292 g/mol. The largest absolute Gasteiger partial charge is 0.484 e. The van der Waals surface area contributed by atoms with Crippen LogP contribution in [0.5, 0.6) is 5.75 Å². The van der Waals surface area contributed by atoms with Crippen molar-refractivity contribution < 1.29 is 14.3 Å². The predicted molar refractivity (Wildman–Crippen MR) is 89.3 cm³/mol. The molecule has 2 amide bonds. The number of hydrogen-bond donors (Lipinski definition) is 1. The lowest BCUT2D eigenvalue weighted by atomic mass is 9.96. The second kappa shape index (κ2) is 8.56. The third kappa shape index (κ3) is 5.27. The van der Waals surface area contributed by atoms with Crippen molar-refractivity contribution in [2.75, 3.05) is 26.2 Å². The molecule has 126 valence electrons. The van der Waals surface area contributed by atoms with Gasteiger partial charge in [0.2, 0.25) is 5.91 Å². The van der Waals surface area contributed by atoms with E-state index in [1.54, 1.807) is 4.90 Å². The average Bonchev–Trinajstić information content (AvgIpc) is 2.59. The van der Waals surface area contributed by atoms with E-state index >= 15 is 0 Å². The normalized spacial score (nSPS) is 15.3. The van der Waals surface area contributed by atoms with Gasteiger partial charge in [-0.1, -0.05) is 24.6 Å². The smallest absolute Gasteiger partial charge is 0.260 e. The molecule has 1 aliphatic heterocycles. The molecule has 0 saturated carbocycles. The van der Waals surface area contributed by atoms with Gasteiger partial charge in [0, 0.05) is 25.6 Å². The summed E-state index contributed by atoms with van der Waals surface area (Å²) >= 11 is 0. The van der Waals surface area contributed by atoms with E-state index in [2.05, 4.69) is 5.32 Å². The first-order valence-electron chi connectivity index (χ1n) is 8.35. The predicted octanol–water partition coefficient (Wildman–Crippen LogP) is 2.14. The number of nitrogens with one attached hydrogen (secondary N) is 1. The highest BCUT2D eigenvalue weighted by molar-refractivity contribution is 5.80. The van der Waals surface area contributed by atoms with Gasteiger partial charge in [0.15, 0.2) is 6.61 Å². The summed E-state index contributed by atoms with van der Waals surface area (Å²) in [6.45, 7) is 6.07. The van der Waals surface area contributed by atoms with Crippen molar-refractivity contribution >= 4 is 11.8 Å². The molecule has 0 unspecified atom stereocenters.